The second kappa shape index (κ2) is 8.43. The van der Waals surface area contributed by atoms with Gasteiger partial charge in [-0.1, -0.05) is 0 Å². The minimum absolute atomic E-state index is 0.106. The lowest BCUT2D eigenvalue weighted by Gasteiger charge is -2.33. The molecule has 26 heavy (non-hydrogen) atoms. The van der Waals surface area contributed by atoms with Crippen LogP contribution in [0.4, 0.5) is 5.69 Å². The van der Waals surface area contributed by atoms with E-state index in [1.165, 1.54) is 28.6 Å². The van der Waals surface area contributed by atoms with Crippen molar-refractivity contribution in [2.75, 3.05) is 45.9 Å². The van der Waals surface area contributed by atoms with Gasteiger partial charge in [-0.05, 0) is 43.9 Å². The summed E-state index contributed by atoms with van der Waals surface area (Å²) in [6, 6.07) is 5.11. The number of rotatable bonds is 6. The van der Waals surface area contributed by atoms with Crippen LogP contribution >= 0.6 is 0 Å². The first kappa shape index (κ1) is 19.2. The van der Waals surface area contributed by atoms with Crippen LogP contribution in [0.2, 0.25) is 0 Å². The minimum Gasteiger partial charge on any atom is -0.379 e. The van der Waals surface area contributed by atoms with Gasteiger partial charge in [0.25, 0.3) is 5.69 Å². The monoisotopic (exact) mass is 383 g/mol. The van der Waals surface area contributed by atoms with Crippen LogP contribution < -0.4 is 0 Å². The summed E-state index contributed by atoms with van der Waals surface area (Å²) in [7, 11) is -3.58. The van der Waals surface area contributed by atoms with Gasteiger partial charge >= 0.3 is 0 Å². The molecule has 1 aromatic rings. The Hall–Kier alpha value is -1.55. The Morgan fingerprint density at radius 3 is 2.27 bits per heavy atom. The van der Waals surface area contributed by atoms with Crippen molar-refractivity contribution in [2.45, 2.75) is 24.2 Å². The van der Waals surface area contributed by atoms with Crippen LogP contribution in [0.5, 0.6) is 0 Å². The number of ether oxygens (including phenoxy) is 1. The number of hydrogen-bond donors (Lipinski definition) is 0. The normalized spacial score (nSPS) is 20.9. The highest BCUT2D eigenvalue weighted by Gasteiger charge is 2.29. The van der Waals surface area contributed by atoms with E-state index in [4.69, 9.17) is 4.74 Å². The summed E-state index contributed by atoms with van der Waals surface area (Å²) in [6.07, 6.45) is 2.80. The van der Waals surface area contributed by atoms with Crippen molar-refractivity contribution < 1.29 is 18.1 Å². The van der Waals surface area contributed by atoms with E-state index in [1.54, 1.807) is 0 Å². The van der Waals surface area contributed by atoms with Crippen LogP contribution in [0.3, 0.4) is 0 Å². The van der Waals surface area contributed by atoms with Gasteiger partial charge in [0, 0.05) is 38.3 Å². The molecule has 0 spiro atoms. The van der Waals surface area contributed by atoms with Gasteiger partial charge in [-0.15, -0.1) is 0 Å². The zero-order valence-electron chi connectivity index (χ0n) is 14.7. The second-order valence-corrected chi connectivity index (χ2v) is 8.78. The average molecular weight is 383 g/mol. The Balaban J connectivity index is 1.52. The topological polar surface area (TPSA) is 93.0 Å². The van der Waals surface area contributed by atoms with E-state index in [0.29, 0.717) is 19.0 Å². The van der Waals surface area contributed by atoms with Gasteiger partial charge in [-0.25, -0.2) is 8.42 Å². The van der Waals surface area contributed by atoms with Crippen LogP contribution in [0.1, 0.15) is 19.3 Å². The lowest BCUT2D eigenvalue weighted by molar-refractivity contribution is -0.384. The molecule has 0 aromatic heterocycles. The average Bonchev–Trinajstić information content (AvgIpc) is 2.67. The standard InChI is InChI=1S/C17H25N3O5S/c21-20(22)16-1-3-17(4-2-16)26(23,24)19-9-6-15(7-10-19)5-8-18-11-13-25-14-12-18/h1-4,15H,5-14H2. The first-order valence-corrected chi connectivity index (χ1v) is 10.5. The number of hydrogen-bond acceptors (Lipinski definition) is 6. The first-order valence-electron chi connectivity index (χ1n) is 9.01. The van der Waals surface area contributed by atoms with Gasteiger partial charge in [-0.3, -0.25) is 15.0 Å². The van der Waals surface area contributed by atoms with Crippen LogP contribution in [-0.2, 0) is 14.8 Å². The third-order valence-electron chi connectivity index (χ3n) is 5.22. The van der Waals surface area contributed by atoms with Crippen LogP contribution in [0, 0.1) is 16.0 Å². The summed E-state index contributed by atoms with van der Waals surface area (Å²) in [4.78, 5) is 12.7. The van der Waals surface area contributed by atoms with Crippen molar-refractivity contribution in [2.24, 2.45) is 5.92 Å². The maximum absolute atomic E-state index is 12.7. The highest BCUT2D eigenvalue weighted by Crippen LogP contribution is 2.26. The third-order valence-corrected chi connectivity index (χ3v) is 7.13. The number of non-ortho nitro benzene ring substituents is 1. The quantitative estimate of drug-likeness (QED) is 0.548. The van der Waals surface area contributed by atoms with Gasteiger partial charge < -0.3 is 4.74 Å². The second-order valence-electron chi connectivity index (χ2n) is 6.84. The highest BCUT2D eigenvalue weighted by molar-refractivity contribution is 7.89. The van der Waals surface area contributed by atoms with E-state index in [9.17, 15) is 18.5 Å². The Kier molecular flexibility index (Phi) is 6.23. The zero-order valence-corrected chi connectivity index (χ0v) is 15.6. The van der Waals surface area contributed by atoms with Crippen LogP contribution in [-0.4, -0.2) is 68.5 Å². The number of sulfonamides is 1. The molecule has 9 heteroatoms. The van der Waals surface area contributed by atoms with Crippen molar-refractivity contribution in [1.82, 2.24) is 9.21 Å². The number of nitrogens with zero attached hydrogens (tertiary/aromatic N) is 3. The predicted octanol–water partition coefficient (Wildman–Crippen LogP) is 1.72. The molecule has 2 saturated heterocycles. The SMILES string of the molecule is O=[N+]([O-])c1ccc(S(=O)(=O)N2CCC(CCN3CCOCC3)CC2)cc1. The molecule has 0 atom stereocenters. The van der Waals surface area contributed by atoms with Crippen molar-refractivity contribution in [1.29, 1.82) is 0 Å². The van der Waals surface area contributed by atoms with E-state index in [2.05, 4.69) is 4.90 Å². The molecule has 0 saturated carbocycles. The number of nitro groups is 1. The molecule has 2 aliphatic rings. The van der Waals surface area contributed by atoms with Gasteiger partial charge in [0.05, 0.1) is 23.0 Å². The van der Waals surface area contributed by atoms with Gasteiger partial charge in [-0.2, -0.15) is 4.31 Å². The van der Waals surface area contributed by atoms with Crippen LogP contribution in [0.15, 0.2) is 29.2 Å². The summed E-state index contributed by atoms with van der Waals surface area (Å²) < 4.78 is 32.3. The maximum atomic E-state index is 12.7. The molecule has 3 rings (SSSR count). The summed E-state index contributed by atoms with van der Waals surface area (Å²) in [5.74, 6) is 0.543. The fourth-order valence-electron chi connectivity index (χ4n) is 3.52. The zero-order chi connectivity index (χ0) is 18.6. The molecule has 0 radical (unpaired) electrons. The van der Waals surface area contributed by atoms with E-state index < -0.39 is 14.9 Å². The van der Waals surface area contributed by atoms with E-state index in [-0.39, 0.29) is 10.6 Å². The molecule has 0 amide bonds. The van der Waals surface area contributed by atoms with Crippen LogP contribution in [0.25, 0.3) is 0 Å². The molecule has 0 N–H and O–H groups in total. The lowest BCUT2D eigenvalue weighted by atomic mass is 9.94. The lowest BCUT2D eigenvalue weighted by Crippen LogP contribution is -2.40. The van der Waals surface area contributed by atoms with Crippen molar-refractivity contribution >= 4 is 15.7 Å². The fraction of sp³-hybridized carbons (Fsp3) is 0.647. The van der Waals surface area contributed by atoms with Gasteiger partial charge in [0.15, 0.2) is 0 Å². The molecule has 0 aliphatic carbocycles. The molecule has 0 unspecified atom stereocenters. The molecule has 2 heterocycles. The highest BCUT2D eigenvalue weighted by atomic mass is 32.2. The smallest absolute Gasteiger partial charge is 0.269 e. The Bertz CT molecular complexity index is 708. The predicted molar refractivity (Wildman–Crippen MR) is 96.5 cm³/mol. The van der Waals surface area contributed by atoms with E-state index >= 15 is 0 Å². The van der Waals surface area contributed by atoms with E-state index in [1.807, 2.05) is 0 Å². The Labute approximate surface area is 153 Å². The Morgan fingerprint density at radius 1 is 1.08 bits per heavy atom. The molecular weight excluding hydrogens is 358 g/mol. The first-order chi connectivity index (χ1) is 12.5. The summed E-state index contributed by atoms with van der Waals surface area (Å²) >= 11 is 0. The van der Waals surface area contributed by atoms with Gasteiger partial charge in [0.2, 0.25) is 10.0 Å². The number of nitro benzene ring substituents is 1. The fourth-order valence-corrected chi connectivity index (χ4v) is 4.99. The molecule has 2 fully saturated rings. The molecule has 2 aliphatic heterocycles. The maximum Gasteiger partial charge on any atom is 0.269 e. The molecule has 0 bridgehead atoms. The number of benzene rings is 1. The molecule has 8 nitrogen and oxygen atoms in total. The third kappa shape index (κ3) is 4.59. The molecule has 144 valence electrons. The van der Waals surface area contributed by atoms with Crippen molar-refractivity contribution in [3.8, 4) is 0 Å². The Morgan fingerprint density at radius 2 is 1.69 bits per heavy atom. The summed E-state index contributed by atoms with van der Waals surface area (Å²) in [5.41, 5.74) is -0.106. The largest absolute Gasteiger partial charge is 0.379 e. The minimum atomic E-state index is -3.58. The summed E-state index contributed by atoms with van der Waals surface area (Å²) in [6.45, 7) is 5.61. The molecule has 1 aromatic carbocycles. The number of morpholine rings is 1. The molecular formula is C17H25N3O5S. The number of piperidine rings is 1. The van der Waals surface area contributed by atoms with Crippen molar-refractivity contribution in [3.05, 3.63) is 34.4 Å². The summed E-state index contributed by atoms with van der Waals surface area (Å²) in [5, 5.41) is 10.7. The van der Waals surface area contributed by atoms with Crippen molar-refractivity contribution in [3.63, 3.8) is 0 Å². The van der Waals surface area contributed by atoms with Gasteiger partial charge in [0.1, 0.15) is 0 Å². The van der Waals surface area contributed by atoms with E-state index in [0.717, 1.165) is 52.1 Å².